The second-order valence-electron chi connectivity index (χ2n) is 5.60. The van der Waals surface area contributed by atoms with Crippen LogP contribution in [0.15, 0.2) is 18.2 Å². The molecule has 4 nitrogen and oxygen atoms in total. The minimum atomic E-state index is -0.508. The Morgan fingerprint density at radius 1 is 1.27 bits per heavy atom. The van der Waals surface area contributed by atoms with Crippen LogP contribution in [0.5, 0.6) is 0 Å². The van der Waals surface area contributed by atoms with Gasteiger partial charge in [-0.3, -0.25) is 9.69 Å². The van der Waals surface area contributed by atoms with Crippen LogP contribution in [0.3, 0.4) is 0 Å². The smallest absolute Gasteiger partial charge is 0.256 e. The van der Waals surface area contributed by atoms with E-state index in [4.69, 9.17) is 11.6 Å². The van der Waals surface area contributed by atoms with Gasteiger partial charge >= 0.3 is 0 Å². The Morgan fingerprint density at radius 2 is 2.00 bits per heavy atom. The number of halogens is 3. The van der Waals surface area contributed by atoms with Gasteiger partial charge in [-0.1, -0.05) is 11.6 Å². The fraction of sp³-hybridized carbons (Fsp3) is 0.533. The lowest BCUT2D eigenvalue weighted by atomic mass is 10.1. The minimum absolute atomic E-state index is 0. The van der Waals surface area contributed by atoms with Gasteiger partial charge in [-0.25, -0.2) is 4.39 Å². The number of piperazine rings is 1. The first-order valence-electron chi connectivity index (χ1n) is 7.34. The van der Waals surface area contributed by atoms with Crippen molar-refractivity contribution in [1.29, 1.82) is 0 Å². The number of hydrogen-bond donors (Lipinski definition) is 1. The standard InChI is InChI=1S/C15H19ClFN3O.ClH/c16-11-1-2-14(17)13(9-11)15(21)20-7-5-19(6-8-20)12-3-4-18-10-12;/h1-2,9,12,18H,3-8,10H2;1H. The van der Waals surface area contributed by atoms with Crippen molar-refractivity contribution in [3.63, 3.8) is 0 Å². The zero-order valence-corrected chi connectivity index (χ0v) is 13.8. The molecule has 22 heavy (non-hydrogen) atoms. The van der Waals surface area contributed by atoms with Crippen LogP contribution in [0.2, 0.25) is 5.02 Å². The summed E-state index contributed by atoms with van der Waals surface area (Å²) in [6.45, 7) is 5.07. The van der Waals surface area contributed by atoms with Crippen LogP contribution in [-0.2, 0) is 0 Å². The lowest BCUT2D eigenvalue weighted by Gasteiger charge is -2.37. The Kier molecular flexibility index (Phi) is 6.03. The lowest BCUT2D eigenvalue weighted by Crippen LogP contribution is -2.52. The highest BCUT2D eigenvalue weighted by molar-refractivity contribution is 6.31. The zero-order chi connectivity index (χ0) is 14.8. The van der Waals surface area contributed by atoms with Gasteiger partial charge in [0.15, 0.2) is 0 Å². The van der Waals surface area contributed by atoms with E-state index in [1.165, 1.54) is 18.2 Å². The third kappa shape index (κ3) is 3.71. The fourth-order valence-corrected chi connectivity index (χ4v) is 3.25. The van der Waals surface area contributed by atoms with Crippen molar-refractivity contribution < 1.29 is 9.18 Å². The van der Waals surface area contributed by atoms with Crippen LogP contribution in [-0.4, -0.2) is 61.0 Å². The number of hydrogen-bond acceptors (Lipinski definition) is 3. The average molecular weight is 348 g/mol. The minimum Gasteiger partial charge on any atom is -0.336 e. The first-order chi connectivity index (χ1) is 10.1. The Bertz CT molecular complexity index is 530. The molecule has 1 aromatic rings. The highest BCUT2D eigenvalue weighted by Crippen LogP contribution is 2.19. The summed E-state index contributed by atoms with van der Waals surface area (Å²) in [4.78, 5) is 16.5. The topological polar surface area (TPSA) is 35.6 Å². The molecule has 0 aromatic heterocycles. The van der Waals surface area contributed by atoms with Gasteiger partial charge in [-0.05, 0) is 31.2 Å². The number of benzene rings is 1. The molecule has 122 valence electrons. The van der Waals surface area contributed by atoms with E-state index in [1.54, 1.807) is 4.90 Å². The number of nitrogens with zero attached hydrogens (tertiary/aromatic N) is 2. The van der Waals surface area contributed by atoms with E-state index < -0.39 is 5.82 Å². The molecule has 0 spiro atoms. The Hall–Kier alpha value is -0.880. The second kappa shape index (κ2) is 7.59. The summed E-state index contributed by atoms with van der Waals surface area (Å²) in [6.07, 6.45) is 1.16. The van der Waals surface area contributed by atoms with Crippen molar-refractivity contribution in [3.05, 3.63) is 34.6 Å². The van der Waals surface area contributed by atoms with E-state index in [0.29, 0.717) is 24.2 Å². The summed E-state index contributed by atoms with van der Waals surface area (Å²) in [7, 11) is 0. The normalized spacial score (nSPS) is 22.5. The number of rotatable bonds is 2. The van der Waals surface area contributed by atoms with Gasteiger partial charge in [-0.2, -0.15) is 0 Å². The lowest BCUT2D eigenvalue weighted by molar-refractivity contribution is 0.0579. The highest BCUT2D eigenvalue weighted by Gasteiger charge is 2.29. The van der Waals surface area contributed by atoms with Gasteiger partial charge in [0.05, 0.1) is 5.56 Å². The van der Waals surface area contributed by atoms with Gasteiger partial charge < -0.3 is 10.2 Å². The summed E-state index contributed by atoms with van der Waals surface area (Å²) >= 11 is 5.86. The predicted molar refractivity (Wildman–Crippen MR) is 87.4 cm³/mol. The maximum atomic E-state index is 13.8. The predicted octanol–water partition coefficient (Wildman–Crippen LogP) is 2.02. The first-order valence-corrected chi connectivity index (χ1v) is 7.72. The third-order valence-electron chi connectivity index (χ3n) is 4.31. The molecule has 1 N–H and O–H groups in total. The largest absolute Gasteiger partial charge is 0.336 e. The summed E-state index contributed by atoms with van der Waals surface area (Å²) in [6, 6.07) is 4.69. The molecule has 1 atom stereocenters. The molecule has 1 amide bonds. The van der Waals surface area contributed by atoms with E-state index in [-0.39, 0.29) is 23.9 Å². The zero-order valence-electron chi connectivity index (χ0n) is 12.2. The van der Waals surface area contributed by atoms with Crippen LogP contribution in [0.4, 0.5) is 4.39 Å². The van der Waals surface area contributed by atoms with Gasteiger partial charge in [0.1, 0.15) is 5.82 Å². The van der Waals surface area contributed by atoms with Gasteiger partial charge in [-0.15, -0.1) is 12.4 Å². The summed E-state index contributed by atoms with van der Waals surface area (Å²) in [5.41, 5.74) is 0.0680. The summed E-state index contributed by atoms with van der Waals surface area (Å²) in [5, 5.41) is 3.74. The van der Waals surface area contributed by atoms with E-state index >= 15 is 0 Å². The van der Waals surface area contributed by atoms with E-state index in [2.05, 4.69) is 10.2 Å². The van der Waals surface area contributed by atoms with Crippen molar-refractivity contribution in [2.24, 2.45) is 0 Å². The summed E-state index contributed by atoms with van der Waals surface area (Å²) < 4.78 is 13.8. The molecular weight excluding hydrogens is 328 g/mol. The molecule has 2 heterocycles. The number of nitrogens with one attached hydrogen (secondary N) is 1. The van der Waals surface area contributed by atoms with Crippen LogP contribution in [0.25, 0.3) is 0 Å². The molecule has 2 saturated heterocycles. The Morgan fingerprint density at radius 3 is 2.64 bits per heavy atom. The second-order valence-corrected chi connectivity index (χ2v) is 6.04. The van der Waals surface area contributed by atoms with Gasteiger partial charge in [0.25, 0.3) is 5.91 Å². The van der Waals surface area contributed by atoms with E-state index in [1.807, 2.05) is 0 Å². The number of amides is 1. The SMILES string of the molecule is Cl.O=C(c1cc(Cl)ccc1F)N1CCN(C2CCNC2)CC1. The monoisotopic (exact) mass is 347 g/mol. The van der Waals surface area contributed by atoms with Crippen molar-refractivity contribution in [3.8, 4) is 0 Å². The number of carbonyl (C=O) groups excluding carboxylic acids is 1. The molecule has 2 aliphatic heterocycles. The molecule has 0 saturated carbocycles. The number of carbonyl (C=O) groups is 1. The Balaban J connectivity index is 0.00000176. The average Bonchev–Trinajstić information content (AvgIpc) is 3.03. The van der Waals surface area contributed by atoms with E-state index in [0.717, 1.165) is 32.6 Å². The molecule has 1 aromatic carbocycles. The van der Waals surface area contributed by atoms with Crippen LogP contribution in [0.1, 0.15) is 16.8 Å². The molecule has 1 unspecified atom stereocenters. The van der Waals surface area contributed by atoms with Crippen LogP contribution in [0, 0.1) is 5.82 Å². The summed E-state index contributed by atoms with van der Waals surface area (Å²) in [5.74, 6) is -0.772. The fourth-order valence-electron chi connectivity index (χ4n) is 3.07. The molecule has 0 aliphatic carbocycles. The molecule has 2 fully saturated rings. The van der Waals surface area contributed by atoms with Crippen molar-refractivity contribution >= 4 is 29.9 Å². The van der Waals surface area contributed by atoms with Crippen LogP contribution < -0.4 is 5.32 Å². The maximum Gasteiger partial charge on any atom is 0.256 e. The van der Waals surface area contributed by atoms with Gasteiger partial charge in [0.2, 0.25) is 0 Å². The molecule has 0 radical (unpaired) electrons. The molecular formula is C15H20Cl2FN3O. The van der Waals surface area contributed by atoms with E-state index in [9.17, 15) is 9.18 Å². The van der Waals surface area contributed by atoms with Gasteiger partial charge in [0, 0.05) is 43.8 Å². The molecule has 3 rings (SSSR count). The van der Waals surface area contributed by atoms with Crippen molar-refractivity contribution in [2.45, 2.75) is 12.5 Å². The first kappa shape index (κ1) is 17.5. The molecule has 2 aliphatic rings. The molecule has 7 heteroatoms. The molecule has 0 bridgehead atoms. The highest BCUT2D eigenvalue weighted by atomic mass is 35.5. The quantitative estimate of drug-likeness (QED) is 0.888. The van der Waals surface area contributed by atoms with Crippen molar-refractivity contribution in [1.82, 2.24) is 15.1 Å². The Labute approximate surface area is 141 Å². The maximum absolute atomic E-state index is 13.8. The van der Waals surface area contributed by atoms with Crippen molar-refractivity contribution in [2.75, 3.05) is 39.3 Å². The third-order valence-corrected chi connectivity index (χ3v) is 4.55. The van der Waals surface area contributed by atoms with Crippen LogP contribution >= 0.6 is 24.0 Å².